The Morgan fingerprint density at radius 2 is 2.00 bits per heavy atom. The summed E-state index contributed by atoms with van der Waals surface area (Å²) in [5.41, 5.74) is 1.10. The molecule has 2 unspecified atom stereocenters. The quantitative estimate of drug-likeness (QED) is 0.746. The summed E-state index contributed by atoms with van der Waals surface area (Å²) in [6.07, 6.45) is 2.90. The second-order valence-corrected chi connectivity index (χ2v) is 6.67. The molecule has 1 aliphatic rings. The molecule has 132 valence electrons. The standard InChI is InChI=1S/C18H26N2O4/c1-12(2)9-16-10-15(7-8-24-16)20-18(23)19-11-13-3-5-14(6-4-13)17(21)22/h3-6,12,15-16H,7-11H2,1-2H3,(H,21,22)(H2,19,20,23). The molecule has 1 saturated heterocycles. The molecule has 2 atom stereocenters. The topological polar surface area (TPSA) is 87.7 Å². The van der Waals surface area contributed by atoms with E-state index >= 15 is 0 Å². The second-order valence-electron chi connectivity index (χ2n) is 6.67. The number of ether oxygens (including phenoxy) is 1. The molecule has 1 fully saturated rings. The molecule has 0 spiro atoms. The molecule has 0 aliphatic carbocycles. The number of urea groups is 1. The Bertz CT molecular complexity index is 557. The van der Waals surface area contributed by atoms with Crippen molar-refractivity contribution in [2.45, 2.75) is 51.8 Å². The first kappa shape index (κ1) is 18.3. The van der Waals surface area contributed by atoms with Crippen LogP contribution in [0, 0.1) is 5.92 Å². The highest BCUT2D eigenvalue weighted by Gasteiger charge is 2.24. The molecule has 1 heterocycles. The van der Waals surface area contributed by atoms with Gasteiger partial charge in [0, 0.05) is 19.2 Å². The highest BCUT2D eigenvalue weighted by molar-refractivity contribution is 5.87. The van der Waals surface area contributed by atoms with Crippen LogP contribution < -0.4 is 10.6 Å². The number of nitrogens with one attached hydrogen (secondary N) is 2. The fourth-order valence-corrected chi connectivity index (χ4v) is 2.89. The van der Waals surface area contributed by atoms with Crippen LogP contribution in [0.25, 0.3) is 0 Å². The van der Waals surface area contributed by atoms with E-state index in [9.17, 15) is 9.59 Å². The molecular formula is C18H26N2O4. The van der Waals surface area contributed by atoms with E-state index in [4.69, 9.17) is 9.84 Å². The first-order valence-corrected chi connectivity index (χ1v) is 8.42. The lowest BCUT2D eigenvalue weighted by atomic mass is 9.96. The largest absolute Gasteiger partial charge is 0.478 e. The molecule has 0 radical (unpaired) electrons. The lowest BCUT2D eigenvalue weighted by molar-refractivity contribution is -0.00742. The molecule has 2 amide bonds. The van der Waals surface area contributed by atoms with Crippen molar-refractivity contribution in [1.29, 1.82) is 0 Å². The Morgan fingerprint density at radius 1 is 1.29 bits per heavy atom. The molecule has 6 nitrogen and oxygen atoms in total. The highest BCUT2D eigenvalue weighted by Crippen LogP contribution is 2.20. The van der Waals surface area contributed by atoms with Crippen LogP contribution in [-0.4, -0.2) is 35.9 Å². The van der Waals surface area contributed by atoms with Crippen LogP contribution in [-0.2, 0) is 11.3 Å². The molecule has 3 N–H and O–H groups in total. The highest BCUT2D eigenvalue weighted by atomic mass is 16.5. The Balaban J connectivity index is 1.75. The first-order chi connectivity index (χ1) is 11.4. The molecule has 0 saturated carbocycles. The van der Waals surface area contributed by atoms with E-state index in [1.807, 2.05) is 0 Å². The van der Waals surface area contributed by atoms with Crippen molar-refractivity contribution in [2.75, 3.05) is 6.61 Å². The van der Waals surface area contributed by atoms with Gasteiger partial charge in [0.15, 0.2) is 0 Å². The fourth-order valence-electron chi connectivity index (χ4n) is 2.89. The van der Waals surface area contributed by atoms with Crippen molar-refractivity contribution >= 4 is 12.0 Å². The molecule has 0 bridgehead atoms. The molecule has 1 aromatic rings. The summed E-state index contributed by atoms with van der Waals surface area (Å²) in [6.45, 7) is 5.38. The van der Waals surface area contributed by atoms with E-state index in [2.05, 4.69) is 24.5 Å². The molecule has 0 aromatic heterocycles. The summed E-state index contributed by atoms with van der Waals surface area (Å²) >= 11 is 0. The summed E-state index contributed by atoms with van der Waals surface area (Å²) in [4.78, 5) is 22.8. The van der Waals surface area contributed by atoms with Gasteiger partial charge in [-0.1, -0.05) is 26.0 Å². The van der Waals surface area contributed by atoms with Crippen molar-refractivity contribution in [2.24, 2.45) is 5.92 Å². The van der Waals surface area contributed by atoms with E-state index < -0.39 is 5.97 Å². The molecular weight excluding hydrogens is 308 g/mol. The van der Waals surface area contributed by atoms with Crippen LogP contribution in [0.15, 0.2) is 24.3 Å². The van der Waals surface area contributed by atoms with Gasteiger partial charge in [0.05, 0.1) is 11.7 Å². The average Bonchev–Trinajstić information content (AvgIpc) is 2.53. The Kier molecular flexibility index (Phi) is 6.61. The average molecular weight is 334 g/mol. The predicted octanol–water partition coefficient (Wildman–Crippen LogP) is 2.78. The fraction of sp³-hybridized carbons (Fsp3) is 0.556. The minimum absolute atomic E-state index is 0.136. The zero-order valence-electron chi connectivity index (χ0n) is 14.2. The summed E-state index contributed by atoms with van der Waals surface area (Å²) in [5, 5.41) is 14.7. The Labute approximate surface area is 142 Å². The van der Waals surface area contributed by atoms with E-state index in [-0.39, 0.29) is 23.7 Å². The van der Waals surface area contributed by atoms with Gasteiger partial charge in [0.25, 0.3) is 0 Å². The lowest BCUT2D eigenvalue weighted by Crippen LogP contribution is -2.46. The van der Waals surface area contributed by atoms with Crippen LogP contribution >= 0.6 is 0 Å². The second kappa shape index (κ2) is 8.68. The van der Waals surface area contributed by atoms with E-state index in [0.29, 0.717) is 19.1 Å². The summed E-state index contributed by atoms with van der Waals surface area (Å²) < 4.78 is 5.74. The van der Waals surface area contributed by atoms with Crippen molar-refractivity contribution in [1.82, 2.24) is 10.6 Å². The number of rotatable bonds is 6. The number of amides is 2. The lowest BCUT2D eigenvalue weighted by Gasteiger charge is -2.31. The maximum absolute atomic E-state index is 12.0. The van der Waals surface area contributed by atoms with Gasteiger partial charge < -0.3 is 20.5 Å². The monoisotopic (exact) mass is 334 g/mol. The number of hydrogen-bond donors (Lipinski definition) is 3. The number of hydrogen-bond acceptors (Lipinski definition) is 3. The number of benzene rings is 1. The van der Waals surface area contributed by atoms with Gasteiger partial charge in [-0.05, 0) is 42.9 Å². The zero-order valence-corrected chi connectivity index (χ0v) is 14.2. The Morgan fingerprint density at radius 3 is 2.62 bits per heavy atom. The third-order valence-corrected chi connectivity index (χ3v) is 4.09. The van der Waals surface area contributed by atoms with E-state index in [1.54, 1.807) is 12.1 Å². The normalized spacial score (nSPS) is 20.6. The van der Waals surface area contributed by atoms with Crippen LogP contribution in [0.1, 0.15) is 49.0 Å². The number of carboxylic acid groups (broad SMARTS) is 1. The number of carbonyl (C=O) groups is 2. The van der Waals surface area contributed by atoms with Gasteiger partial charge in [-0.3, -0.25) is 0 Å². The van der Waals surface area contributed by atoms with Gasteiger partial charge >= 0.3 is 12.0 Å². The molecule has 6 heteroatoms. The van der Waals surface area contributed by atoms with Crippen LogP contribution in [0.3, 0.4) is 0 Å². The minimum atomic E-state index is -0.956. The predicted molar refractivity (Wildman–Crippen MR) is 91.0 cm³/mol. The SMILES string of the molecule is CC(C)CC1CC(NC(=O)NCc2ccc(C(=O)O)cc2)CCO1. The zero-order chi connectivity index (χ0) is 17.5. The summed E-state index contributed by atoms with van der Waals surface area (Å²) in [7, 11) is 0. The molecule has 24 heavy (non-hydrogen) atoms. The van der Waals surface area contributed by atoms with Crippen LogP contribution in [0.5, 0.6) is 0 Å². The van der Waals surface area contributed by atoms with Crippen molar-refractivity contribution in [3.63, 3.8) is 0 Å². The smallest absolute Gasteiger partial charge is 0.335 e. The molecule has 1 aromatic carbocycles. The summed E-state index contributed by atoms with van der Waals surface area (Å²) in [6, 6.07) is 6.41. The third-order valence-electron chi connectivity index (χ3n) is 4.09. The number of aromatic carboxylic acids is 1. The number of carbonyl (C=O) groups excluding carboxylic acids is 1. The number of carboxylic acids is 1. The van der Waals surface area contributed by atoms with Crippen LogP contribution in [0.4, 0.5) is 4.79 Å². The maximum atomic E-state index is 12.0. The van der Waals surface area contributed by atoms with Crippen molar-refractivity contribution < 1.29 is 19.4 Å². The van der Waals surface area contributed by atoms with Gasteiger partial charge in [0.1, 0.15) is 0 Å². The first-order valence-electron chi connectivity index (χ1n) is 8.42. The van der Waals surface area contributed by atoms with E-state index in [1.165, 1.54) is 12.1 Å². The van der Waals surface area contributed by atoms with Gasteiger partial charge in [0.2, 0.25) is 0 Å². The minimum Gasteiger partial charge on any atom is -0.478 e. The maximum Gasteiger partial charge on any atom is 0.335 e. The van der Waals surface area contributed by atoms with E-state index in [0.717, 1.165) is 24.8 Å². The van der Waals surface area contributed by atoms with Gasteiger partial charge in [-0.15, -0.1) is 0 Å². The third kappa shape index (κ3) is 5.85. The molecule has 1 aliphatic heterocycles. The van der Waals surface area contributed by atoms with Crippen LogP contribution in [0.2, 0.25) is 0 Å². The van der Waals surface area contributed by atoms with Gasteiger partial charge in [-0.2, -0.15) is 0 Å². The van der Waals surface area contributed by atoms with Crippen molar-refractivity contribution in [3.8, 4) is 0 Å². The molecule has 2 rings (SSSR count). The summed E-state index contributed by atoms with van der Waals surface area (Å²) in [5.74, 6) is -0.376. The van der Waals surface area contributed by atoms with Crippen molar-refractivity contribution in [3.05, 3.63) is 35.4 Å². The Hall–Kier alpha value is -2.08. The van der Waals surface area contributed by atoms with Gasteiger partial charge in [-0.25, -0.2) is 9.59 Å².